The number of rotatable bonds is 16. The molecule has 0 aliphatic heterocycles. The number of carbonyl (C=O) groups is 2. The van der Waals surface area contributed by atoms with Crippen LogP contribution in [0.3, 0.4) is 0 Å². The molecule has 184 valence electrons. The van der Waals surface area contributed by atoms with Crippen LogP contribution in [0.1, 0.15) is 25.0 Å². The summed E-state index contributed by atoms with van der Waals surface area (Å²) in [6.07, 6.45) is 2.58. The molecule has 0 saturated heterocycles. The zero-order valence-electron chi connectivity index (χ0n) is 19.5. The summed E-state index contributed by atoms with van der Waals surface area (Å²) in [6.45, 7) is 4.97. The normalized spacial score (nSPS) is 12.9. The average molecular weight is 473 g/mol. The number of benzene rings is 2. The van der Waals surface area contributed by atoms with Gasteiger partial charge in [-0.25, -0.2) is 9.59 Å². The molecule has 0 heterocycles. The van der Waals surface area contributed by atoms with Crippen LogP contribution in [0.25, 0.3) is 0 Å². The van der Waals surface area contributed by atoms with Crippen molar-refractivity contribution in [1.29, 1.82) is 0 Å². The molecule has 0 fully saturated rings. The summed E-state index contributed by atoms with van der Waals surface area (Å²) < 4.78 is 21.8. The van der Waals surface area contributed by atoms with Crippen molar-refractivity contribution in [1.82, 2.24) is 0 Å². The number of ether oxygens (including phenoxy) is 4. The zero-order valence-corrected chi connectivity index (χ0v) is 19.5. The van der Waals surface area contributed by atoms with Crippen molar-refractivity contribution in [3.63, 3.8) is 0 Å². The molecule has 2 aromatic rings. The summed E-state index contributed by atoms with van der Waals surface area (Å²) in [5.41, 5.74) is 1.72. The highest BCUT2D eigenvalue weighted by atomic mass is 16.5. The summed E-state index contributed by atoms with van der Waals surface area (Å²) >= 11 is 0. The molecule has 34 heavy (non-hydrogen) atoms. The molecule has 0 aliphatic carbocycles. The van der Waals surface area contributed by atoms with E-state index in [9.17, 15) is 9.59 Å². The molecular formula is C26H32O8. The van der Waals surface area contributed by atoms with Crippen molar-refractivity contribution in [2.45, 2.75) is 38.9 Å². The molecule has 0 spiro atoms. The quantitative estimate of drug-likeness (QED) is 0.355. The number of hydrogen-bond acceptors (Lipinski definition) is 6. The second-order valence-electron chi connectivity index (χ2n) is 7.35. The van der Waals surface area contributed by atoms with Gasteiger partial charge in [0.1, 0.15) is 24.7 Å². The topological polar surface area (TPSA) is 112 Å². The van der Waals surface area contributed by atoms with Crippen LogP contribution in [0.5, 0.6) is 11.5 Å². The molecule has 2 N–H and O–H groups in total. The van der Waals surface area contributed by atoms with Crippen LogP contribution in [-0.2, 0) is 31.9 Å². The second kappa shape index (κ2) is 14.7. The fourth-order valence-electron chi connectivity index (χ4n) is 3.13. The third kappa shape index (κ3) is 9.64. The van der Waals surface area contributed by atoms with Gasteiger partial charge >= 0.3 is 11.9 Å². The SMILES string of the molecule is CCOC(Cc1ccc(OC/C=C/COc2ccc(CC(OCC)C(=O)O)cc2)cc1)C(=O)O. The van der Waals surface area contributed by atoms with Crippen LogP contribution in [0.4, 0.5) is 0 Å². The van der Waals surface area contributed by atoms with E-state index < -0.39 is 24.1 Å². The average Bonchev–Trinajstić information content (AvgIpc) is 2.82. The monoisotopic (exact) mass is 472 g/mol. The first-order chi connectivity index (χ1) is 16.4. The Morgan fingerprint density at radius 3 is 1.35 bits per heavy atom. The first-order valence-corrected chi connectivity index (χ1v) is 11.2. The molecule has 0 aliphatic rings. The van der Waals surface area contributed by atoms with Gasteiger partial charge in [-0.1, -0.05) is 24.3 Å². The van der Waals surface area contributed by atoms with E-state index in [0.717, 1.165) is 11.1 Å². The van der Waals surface area contributed by atoms with Gasteiger partial charge in [0.25, 0.3) is 0 Å². The Kier molecular flexibility index (Phi) is 11.6. The number of hydrogen-bond donors (Lipinski definition) is 2. The highest BCUT2D eigenvalue weighted by molar-refractivity contribution is 5.73. The fourth-order valence-corrected chi connectivity index (χ4v) is 3.13. The van der Waals surface area contributed by atoms with E-state index in [4.69, 9.17) is 29.2 Å². The van der Waals surface area contributed by atoms with E-state index in [1.807, 2.05) is 36.4 Å². The molecule has 0 amide bonds. The maximum atomic E-state index is 11.2. The van der Waals surface area contributed by atoms with Gasteiger partial charge < -0.3 is 29.2 Å². The Morgan fingerprint density at radius 2 is 1.06 bits per heavy atom. The van der Waals surface area contributed by atoms with Crippen molar-refractivity contribution in [2.75, 3.05) is 26.4 Å². The third-order valence-corrected chi connectivity index (χ3v) is 4.83. The van der Waals surface area contributed by atoms with Crippen LogP contribution in [0, 0.1) is 0 Å². The van der Waals surface area contributed by atoms with E-state index in [1.165, 1.54) is 0 Å². The Bertz CT molecular complexity index is 830. The van der Waals surface area contributed by atoms with E-state index in [0.29, 0.717) is 50.8 Å². The minimum absolute atomic E-state index is 0.300. The summed E-state index contributed by atoms with van der Waals surface area (Å²) in [4.78, 5) is 22.4. The smallest absolute Gasteiger partial charge is 0.333 e. The van der Waals surface area contributed by atoms with Crippen molar-refractivity contribution >= 4 is 11.9 Å². The van der Waals surface area contributed by atoms with E-state index in [2.05, 4.69) is 0 Å². The maximum Gasteiger partial charge on any atom is 0.333 e. The Balaban J connectivity index is 1.71. The third-order valence-electron chi connectivity index (χ3n) is 4.83. The molecule has 8 heteroatoms. The highest BCUT2D eigenvalue weighted by Crippen LogP contribution is 2.16. The molecule has 8 nitrogen and oxygen atoms in total. The lowest BCUT2D eigenvalue weighted by molar-refractivity contribution is -0.150. The molecule has 0 saturated carbocycles. The van der Waals surface area contributed by atoms with Crippen molar-refractivity contribution in [3.05, 3.63) is 71.8 Å². The molecule has 2 atom stereocenters. The zero-order chi connectivity index (χ0) is 24.8. The minimum atomic E-state index is -0.973. The van der Waals surface area contributed by atoms with Crippen molar-refractivity contribution in [2.24, 2.45) is 0 Å². The predicted molar refractivity (Wildman–Crippen MR) is 127 cm³/mol. The number of carboxylic acids is 2. The summed E-state index contributed by atoms with van der Waals surface area (Å²) in [5.74, 6) is -0.586. The lowest BCUT2D eigenvalue weighted by Gasteiger charge is -2.12. The first-order valence-electron chi connectivity index (χ1n) is 11.2. The molecule has 2 unspecified atom stereocenters. The van der Waals surface area contributed by atoms with E-state index in [1.54, 1.807) is 38.1 Å². The van der Waals surface area contributed by atoms with Crippen LogP contribution in [0.15, 0.2) is 60.7 Å². The standard InChI is InChI=1S/C26H32O8/c1-3-31-23(25(27)28)17-19-7-11-21(12-8-19)33-15-5-6-16-34-22-13-9-20(10-14-22)18-24(26(29)30)32-4-2/h5-14,23-24H,3-4,15-18H2,1-2H3,(H,27,28)(H,29,30)/b6-5+. The molecular weight excluding hydrogens is 440 g/mol. The molecule has 0 aromatic heterocycles. The van der Waals surface area contributed by atoms with E-state index in [-0.39, 0.29) is 0 Å². The van der Waals surface area contributed by atoms with Crippen molar-refractivity contribution < 1.29 is 38.7 Å². The molecule has 0 bridgehead atoms. The Labute approximate surface area is 199 Å². The second-order valence-corrected chi connectivity index (χ2v) is 7.35. The van der Waals surface area contributed by atoms with Gasteiger partial charge in [-0.2, -0.15) is 0 Å². The number of aliphatic carboxylic acids is 2. The minimum Gasteiger partial charge on any atom is -0.490 e. The molecule has 2 rings (SSSR count). The number of carboxylic acid groups (broad SMARTS) is 2. The Morgan fingerprint density at radius 1 is 0.706 bits per heavy atom. The summed E-state index contributed by atoms with van der Waals surface area (Å²) in [6, 6.07) is 14.5. The summed E-state index contributed by atoms with van der Waals surface area (Å²) in [7, 11) is 0. The van der Waals surface area contributed by atoms with Gasteiger partial charge in [0.15, 0.2) is 12.2 Å². The highest BCUT2D eigenvalue weighted by Gasteiger charge is 2.18. The van der Waals surface area contributed by atoms with Gasteiger partial charge in [-0.15, -0.1) is 0 Å². The van der Waals surface area contributed by atoms with Gasteiger partial charge in [0, 0.05) is 26.1 Å². The largest absolute Gasteiger partial charge is 0.490 e. The van der Waals surface area contributed by atoms with Gasteiger partial charge in [0.2, 0.25) is 0 Å². The lowest BCUT2D eigenvalue weighted by atomic mass is 10.1. The molecule has 2 aromatic carbocycles. The molecule has 0 radical (unpaired) electrons. The van der Waals surface area contributed by atoms with Crippen LogP contribution >= 0.6 is 0 Å². The maximum absolute atomic E-state index is 11.2. The van der Waals surface area contributed by atoms with Crippen molar-refractivity contribution in [3.8, 4) is 11.5 Å². The van der Waals surface area contributed by atoms with Crippen LogP contribution < -0.4 is 9.47 Å². The summed E-state index contributed by atoms with van der Waals surface area (Å²) in [5, 5.41) is 18.3. The predicted octanol–water partition coefficient (Wildman–Crippen LogP) is 3.77. The first kappa shape index (κ1) is 26.9. The van der Waals surface area contributed by atoms with Gasteiger partial charge in [-0.05, 0) is 61.4 Å². The van der Waals surface area contributed by atoms with Crippen LogP contribution in [-0.4, -0.2) is 60.8 Å². The Hall–Kier alpha value is -3.36. The van der Waals surface area contributed by atoms with E-state index >= 15 is 0 Å². The van der Waals surface area contributed by atoms with Gasteiger partial charge in [-0.3, -0.25) is 0 Å². The van der Waals surface area contributed by atoms with Crippen LogP contribution in [0.2, 0.25) is 0 Å². The lowest BCUT2D eigenvalue weighted by Crippen LogP contribution is -2.26. The fraction of sp³-hybridized carbons (Fsp3) is 0.385. The van der Waals surface area contributed by atoms with Gasteiger partial charge in [0.05, 0.1) is 0 Å².